The monoisotopic (exact) mass is 340 g/mol. The highest BCUT2D eigenvalue weighted by atomic mass is 35.5. The van der Waals surface area contributed by atoms with E-state index in [1.54, 1.807) is 19.1 Å². The summed E-state index contributed by atoms with van der Waals surface area (Å²) in [6.45, 7) is 3.61. The molecule has 2 aliphatic carbocycles. The number of amides is 2. The van der Waals surface area contributed by atoms with Crippen LogP contribution < -0.4 is 10.6 Å². The Kier molecular flexibility index (Phi) is 3.65. The van der Waals surface area contributed by atoms with Gasteiger partial charge in [0.2, 0.25) is 5.91 Å². The number of rotatable bonds is 4. The van der Waals surface area contributed by atoms with E-state index < -0.39 is 9.75 Å². The molecule has 0 aliphatic heterocycles. The molecule has 1 atom stereocenters. The van der Waals surface area contributed by atoms with Gasteiger partial charge >= 0.3 is 0 Å². The maximum Gasteiger partial charge on any atom is 0.251 e. The van der Waals surface area contributed by atoms with Crippen molar-refractivity contribution in [2.24, 2.45) is 5.41 Å². The third-order valence-electron chi connectivity index (χ3n) is 4.42. The van der Waals surface area contributed by atoms with Gasteiger partial charge in [-0.05, 0) is 50.8 Å². The Morgan fingerprint density at radius 2 is 1.91 bits per heavy atom. The molecular formula is C16H18Cl2N2O2. The van der Waals surface area contributed by atoms with E-state index in [9.17, 15) is 9.59 Å². The number of alkyl halides is 2. The summed E-state index contributed by atoms with van der Waals surface area (Å²) in [6, 6.07) is 5.57. The minimum absolute atomic E-state index is 0.111. The van der Waals surface area contributed by atoms with Gasteiger partial charge in [-0.25, -0.2) is 0 Å². The van der Waals surface area contributed by atoms with Crippen LogP contribution in [-0.2, 0) is 4.79 Å². The molecular weight excluding hydrogens is 323 g/mol. The van der Waals surface area contributed by atoms with E-state index >= 15 is 0 Å². The lowest BCUT2D eigenvalue weighted by molar-refractivity contribution is -0.120. The Morgan fingerprint density at radius 1 is 1.27 bits per heavy atom. The number of halogens is 2. The van der Waals surface area contributed by atoms with Crippen LogP contribution in [0.2, 0.25) is 0 Å². The Morgan fingerprint density at radius 3 is 2.45 bits per heavy atom. The molecule has 0 saturated heterocycles. The second-order valence-corrected chi connectivity index (χ2v) is 7.93. The molecule has 118 valence electrons. The van der Waals surface area contributed by atoms with Gasteiger partial charge in [-0.2, -0.15) is 0 Å². The number of benzene rings is 1. The maximum atomic E-state index is 12.4. The van der Waals surface area contributed by atoms with E-state index in [2.05, 4.69) is 10.6 Å². The zero-order valence-electron chi connectivity index (χ0n) is 12.5. The summed E-state index contributed by atoms with van der Waals surface area (Å²) < 4.78 is -1.01. The number of nitrogens with one attached hydrogen (secondary N) is 2. The fourth-order valence-corrected chi connectivity index (χ4v) is 3.01. The highest BCUT2D eigenvalue weighted by Crippen LogP contribution is 2.64. The summed E-state index contributed by atoms with van der Waals surface area (Å²) in [5, 5.41) is 5.78. The molecule has 1 aromatic carbocycles. The molecule has 0 unspecified atom stereocenters. The highest BCUT2D eigenvalue weighted by molar-refractivity contribution is 6.53. The van der Waals surface area contributed by atoms with Crippen molar-refractivity contribution in [3.8, 4) is 0 Å². The maximum absolute atomic E-state index is 12.4. The Labute approximate surface area is 139 Å². The van der Waals surface area contributed by atoms with Crippen molar-refractivity contribution in [2.45, 2.75) is 43.5 Å². The number of hydrogen-bond donors (Lipinski definition) is 2. The van der Waals surface area contributed by atoms with Gasteiger partial charge in [0.05, 0.1) is 5.41 Å². The zero-order chi connectivity index (χ0) is 16.1. The molecule has 22 heavy (non-hydrogen) atoms. The van der Waals surface area contributed by atoms with Crippen LogP contribution in [0.25, 0.3) is 0 Å². The SMILES string of the molecule is Cc1ccc(C(=O)NC2CC2)cc1NC(=O)[C@@]1(C)CC1(Cl)Cl. The van der Waals surface area contributed by atoms with Gasteiger partial charge in [0.15, 0.2) is 0 Å². The van der Waals surface area contributed by atoms with Crippen molar-refractivity contribution in [3.05, 3.63) is 29.3 Å². The number of aryl methyl sites for hydroxylation is 1. The van der Waals surface area contributed by atoms with Gasteiger partial charge in [-0.15, -0.1) is 23.2 Å². The zero-order valence-corrected chi connectivity index (χ0v) is 14.0. The van der Waals surface area contributed by atoms with E-state index in [0.717, 1.165) is 18.4 Å². The topological polar surface area (TPSA) is 58.2 Å². The summed E-state index contributed by atoms with van der Waals surface area (Å²) in [7, 11) is 0. The van der Waals surface area contributed by atoms with E-state index in [0.29, 0.717) is 23.7 Å². The van der Waals surface area contributed by atoms with Crippen LogP contribution in [0.5, 0.6) is 0 Å². The van der Waals surface area contributed by atoms with Crippen LogP contribution in [0, 0.1) is 12.3 Å². The van der Waals surface area contributed by atoms with Gasteiger partial charge in [0, 0.05) is 17.3 Å². The minimum atomic E-state index is -1.01. The van der Waals surface area contributed by atoms with Crippen molar-refractivity contribution in [2.75, 3.05) is 5.32 Å². The van der Waals surface area contributed by atoms with Crippen LogP contribution in [0.4, 0.5) is 5.69 Å². The van der Waals surface area contributed by atoms with E-state index in [-0.39, 0.29) is 11.8 Å². The summed E-state index contributed by atoms with van der Waals surface area (Å²) in [6.07, 6.45) is 2.50. The van der Waals surface area contributed by atoms with E-state index in [1.807, 2.05) is 13.0 Å². The Hall–Kier alpha value is -1.26. The molecule has 0 heterocycles. The second-order valence-electron chi connectivity index (χ2n) is 6.44. The summed E-state index contributed by atoms with van der Waals surface area (Å²) in [5.74, 6) is -0.333. The Bertz CT molecular complexity index is 656. The van der Waals surface area contributed by atoms with Gasteiger partial charge in [-0.1, -0.05) is 6.07 Å². The number of carbonyl (C=O) groups excluding carboxylic acids is 2. The second kappa shape index (κ2) is 5.14. The summed E-state index contributed by atoms with van der Waals surface area (Å²) in [5.41, 5.74) is 1.26. The molecule has 0 radical (unpaired) electrons. The number of anilines is 1. The first-order valence-corrected chi connectivity index (χ1v) is 8.09. The molecule has 6 heteroatoms. The lowest BCUT2D eigenvalue weighted by Gasteiger charge is -2.15. The van der Waals surface area contributed by atoms with Crippen molar-refractivity contribution in [3.63, 3.8) is 0 Å². The number of carbonyl (C=O) groups is 2. The first kappa shape index (κ1) is 15.6. The molecule has 0 bridgehead atoms. The van der Waals surface area contributed by atoms with Crippen molar-refractivity contribution in [1.82, 2.24) is 5.32 Å². The Balaban J connectivity index is 1.75. The average molecular weight is 341 g/mol. The predicted molar refractivity (Wildman–Crippen MR) is 87.5 cm³/mol. The van der Waals surface area contributed by atoms with Crippen molar-refractivity contribution >= 4 is 40.7 Å². The summed E-state index contributed by atoms with van der Waals surface area (Å²) in [4.78, 5) is 24.4. The quantitative estimate of drug-likeness (QED) is 0.825. The van der Waals surface area contributed by atoms with E-state index in [1.165, 1.54) is 0 Å². The van der Waals surface area contributed by atoms with Gasteiger partial charge < -0.3 is 10.6 Å². The summed E-state index contributed by atoms with van der Waals surface area (Å²) >= 11 is 12.1. The molecule has 2 fully saturated rings. The first-order valence-electron chi connectivity index (χ1n) is 7.34. The molecule has 2 aliphatic rings. The smallest absolute Gasteiger partial charge is 0.251 e. The molecule has 4 nitrogen and oxygen atoms in total. The molecule has 1 aromatic rings. The fraction of sp³-hybridized carbons (Fsp3) is 0.500. The van der Waals surface area contributed by atoms with E-state index in [4.69, 9.17) is 23.2 Å². The molecule has 2 amide bonds. The number of hydrogen-bond acceptors (Lipinski definition) is 2. The lowest BCUT2D eigenvalue weighted by Crippen LogP contribution is -2.27. The van der Waals surface area contributed by atoms with Gasteiger partial charge in [0.1, 0.15) is 4.33 Å². The minimum Gasteiger partial charge on any atom is -0.349 e. The molecule has 0 aromatic heterocycles. The van der Waals surface area contributed by atoms with Crippen LogP contribution in [0.15, 0.2) is 18.2 Å². The average Bonchev–Trinajstić information content (AvgIpc) is 3.32. The molecule has 0 spiro atoms. The third kappa shape index (κ3) is 2.82. The normalized spacial score (nSPS) is 25.5. The van der Waals surface area contributed by atoms with Crippen LogP contribution >= 0.6 is 23.2 Å². The standard InChI is InChI=1S/C16H18Cl2N2O2/c1-9-3-4-10(13(21)19-11-5-6-11)7-12(9)20-14(22)15(2)8-16(15,17)18/h3-4,7,11H,5-6,8H2,1-2H3,(H,19,21)(H,20,22)/t15-/m1/s1. The highest BCUT2D eigenvalue weighted by Gasteiger charge is 2.67. The van der Waals surface area contributed by atoms with Gasteiger partial charge in [0.25, 0.3) is 5.91 Å². The van der Waals surface area contributed by atoms with Gasteiger partial charge in [-0.3, -0.25) is 9.59 Å². The molecule has 2 N–H and O–H groups in total. The lowest BCUT2D eigenvalue weighted by atomic mass is 10.1. The van der Waals surface area contributed by atoms with Crippen molar-refractivity contribution in [1.29, 1.82) is 0 Å². The predicted octanol–water partition coefficient (Wildman–Crippen LogP) is 3.41. The van der Waals surface area contributed by atoms with Crippen LogP contribution in [-0.4, -0.2) is 22.2 Å². The first-order chi connectivity index (χ1) is 10.2. The molecule has 2 saturated carbocycles. The van der Waals surface area contributed by atoms with Crippen LogP contribution in [0.1, 0.15) is 42.1 Å². The van der Waals surface area contributed by atoms with Crippen LogP contribution in [0.3, 0.4) is 0 Å². The van der Waals surface area contributed by atoms with Crippen molar-refractivity contribution < 1.29 is 9.59 Å². The molecule has 3 rings (SSSR count). The third-order valence-corrected chi connectivity index (χ3v) is 5.52. The fourth-order valence-electron chi connectivity index (χ4n) is 2.30. The largest absolute Gasteiger partial charge is 0.349 e.